The molecule has 0 N–H and O–H groups in total. The molecule has 0 aromatic rings. The number of hydrogen-bond donors (Lipinski definition) is 0. The Labute approximate surface area is 154 Å². The van der Waals surface area contributed by atoms with Crippen LogP contribution in [-0.2, 0) is 14.3 Å². The van der Waals surface area contributed by atoms with Crippen LogP contribution >= 0.6 is 0 Å². The van der Waals surface area contributed by atoms with Crippen molar-refractivity contribution in [3.05, 3.63) is 84.7 Å². The Morgan fingerprint density at radius 1 is 0.880 bits per heavy atom. The van der Waals surface area contributed by atoms with Crippen molar-refractivity contribution >= 4 is 6.79 Å². The molecule has 0 atom stereocenters. The second-order valence-corrected chi connectivity index (χ2v) is 5.48. The third-order valence-electron chi connectivity index (χ3n) is 2.51. The van der Waals surface area contributed by atoms with Gasteiger partial charge in [0.15, 0.2) is 0 Å². The lowest BCUT2D eigenvalue weighted by Crippen LogP contribution is -1.98. The Kier molecular flexibility index (Phi) is 19.7. The summed E-state index contributed by atoms with van der Waals surface area (Å²) in [5, 5.41) is 0. The molecule has 0 rings (SSSR count). The van der Waals surface area contributed by atoms with E-state index in [4.69, 9.17) is 14.3 Å². The van der Waals surface area contributed by atoms with Crippen LogP contribution in [0.1, 0.15) is 27.2 Å². The van der Waals surface area contributed by atoms with Gasteiger partial charge in [0.1, 0.15) is 12.5 Å². The first-order chi connectivity index (χ1) is 11.6. The molecule has 0 heterocycles. The van der Waals surface area contributed by atoms with Gasteiger partial charge >= 0.3 is 0 Å². The van der Waals surface area contributed by atoms with E-state index < -0.39 is 0 Å². The fourth-order valence-corrected chi connectivity index (χ4v) is 1.29. The maximum Gasteiger partial charge on any atom is 0.114 e. The predicted molar refractivity (Wildman–Crippen MR) is 111 cm³/mol. The zero-order valence-corrected chi connectivity index (χ0v) is 16.6. The molecule has 0 aromatic carbocycles. The summed E-state index contributed by atoms with van der Waals surface area (Å²) in [4.78, 5) is 8.00. The highest BCUT2D eigenvalue weighted by atomic mass is 16.5. The topological polar surface area (TPSA) is 35.5 Å². The van der Waals surface area contributed by atoms with Crippen molar-refractivity contribution in [1.29, 1.82) is 0 Å². The normalized spacial score (nSPS) is 9.88. The lowest BCUT2D eigenvalue weighted by atomic mass is 10.0. The summed E-state index contributed by atoms with van der Waals surface area (Å²) in [6, 6.07) is 0. The number of rotatable bonds is 9. The molecular formula is C22H34O3. The van der Waals surface area contributed by atoms with E-state index in [0.29, 0.717) is 12.4 Å². The van der Waals surface area contributed by atoms with Crippen molar-refractivity contribution in [3.8, 4) is 0 Å². The Morgan fingerprint density at radius 3 is 1.72 bits per heavy atom. The fraction of sp³-hybridized carbons (Fsp3) is 0.318. The van der Waals surface area contributed by atoms with Gasteiger partial charge in [-0.2, -0.15) is 0 Å². The third kappa shape index (κ3) is 19.6. The number of carbonyl (C=O) groups is 1. The van der Waals surface area contributed by atoms with E-state index in [-0.39, 0.29) is 0 Å². The Bertz CT molecular complexity index is 515. The van der Waals surface area contributed by atoms with Crippen molar-refractivity contribution in [2.24, 2.45) is 0 Å². The lowest BCUT2D eigenvalue weighted by molar-refractivity contribution is -0.0979. The summed E-state index contributed by atoms with van der Waals surface area (Å²) in [6.07, 6.45) is 6.45. The molecule has 140 valence electrons. The predicted octanol–water partition coefficient (Wildman–Crippen LogP) is 5.75. The molecule has 0 radical (unpaired) electrons. The second kappa shape index (κ2) is 18.0. The molecule has 0 spiro atoms. The number of methoxy groups -OCH3 is 2. The van der Waals surface area contributed by atoms with Crippen LogP contribution < -0.4 is 0 Å². The number of allylic oxidation sites excluding steroid dienone is 8. The van der Waals surface area contributed by atoms with Gasteiger partial charge in [-0.1, -0.05) is 49.6 Å². The first kappa shape index (κ1) is 27.5. The Balaban J connectivity index is -0.000000701. The summed E-state index contributed by atoms with van der Waals surface area (Å²) in [5.41, 5.74) is 4.75. The van der Waals surface area contributed by atoms with E-state index in [1.807, 2.05) is 45.8 Å². The minimum absolute atomic E-state index is 0.607. The van der Waals surface area contributed by atoms with Crippen LogP contribution in [0, 0.1) is 0 Å². The van der Waals surface area contributed by atoms with Gasteiger partial charge in [-0.3, -0.25) is 0 Å². The lowest BCUT2D eigenvalue weighted by Gasteiger charge is -2.10. The first-order valence-corrected chi connectivity index (χ1v) is 7.71. The standard InChI is InChI=1S/C17H24O2.C4H8.CH2O/c1-13(2)8-9-14(3)15(4)12-17(10-11-18-6)16(5)19-7;1-4(2)3;1-2/h8-9,12H,1,3-5,10-11H2,2,6-7H3;1H2,2-3H3;1H2/b9-8-,17-12-;;. The van der Waals surface area contributed by atoms with Crippen molar-refractivity contribution < 1.29 is 14.3 Å². The van der Waals surface area contributed by atoms with E-state index in [1.54, 1.807) is 14.2 Å². The number of carbonyl (C=O) groups excluding carboxylic acids is 1. The molecule has 0 fully saturated rings. The quantitative estimate of drug-likeness (QED) is 0.303. The summed E-state index contributed by atoms with van der Waals surface area (Å²) < 4.78 is 10.2. The van der Waals surface area contributed by atoms with E-state index >= 15 is 0 Å². The van der Waals surface area contributed by atoms with Crippen LogP contribution in [0.3, 0.4) is 0 Å². The third-order valence-corrected chi connectivity index (χ3v) is 2.51. The van der Waals surface area contributed by atoms with E-state index in [9.17, 15) is 0 Å². The van der Waals surface area contributed by atoms with Gasteiger partial charge in [0.2, 0.25) is 0 Å². The van der Waals surface area contributed by atoms with Crippen molar-refractivity contribution in [3.63, 3.8) is 0 Å². The molecule has 3 nitrogen and oxygen atoms in total. The largest absolute Gasteiger partial charge is 0.497 e. The maximum absolute atomic E-state index is 8.00. The average Bonchev–Trinajstić information content (AvgIpc) is 2.56. The van der Waals surface area contributed by atoms with E-state index in [0.717, 1.165) is 28.7 Å². The molecule has 25 heavy (non-hydrogen) atoms. The van der Waals surface area contributed by atoms with Gasteiger partial charge in [0.05, 0.1) is 13.7 Å². The molecule has 0 aliphatic heterocycles. The summed E-state index contributed by atoms with van der Waals surface area (Å²) in [6.45, 7) is 27.7. The smallest absolute Gasteiger partial charge is 0.114 e. The Morgan fingerprint density at radius 2 is 1.36 bits per heavy atom. The maximum atomic E-state index is 8.00. The molecule has 0 saturated carbocycles. The molecule has 0 amide bonds. The summed E-state index contributed by atoms with van der Waals surface area (Å²) in [5.74, 6) is 0.620. The fourth-order valence-electron chi connectivity index (χ4n) is 1.29. The van der Waals surface area contributed by atoms with E-state index in [1.165, 1.54) is 5.57 Å². The first-order valence-electron chi connectivity index (χ1n) is 7.71. The van der Waals surface area contributed by atoms with Crippen molar-refractivity contribution in [2.45, 2.75) is 27.2 Å². The van der Waals surface area contributed by atoms with Crippen molar-refractivity contribution in [1.82, 2.24) is 0 Å². The average molecular weight is 347 g/mol. The Hall–Kier alpha value is -2.39. The SMILES string of the molecule is C=C(C)/C=C\C(=C)C(=C)/C=C(/CCOC)C(=C)OC.C=C(C)C.C=O. The van der Waals surface area contributed by atoms with Crippen molar-refractivity contribution in [2.75, 3.05) is 20.8 Å². The van der Waals surface area contributed by atoms with Gasteiger partial charge in [0.25, 0.3) is 0 Å². The summed E-state index contributed by atoms with van der Waals surface area (Å²) >= 11 is 0. The molecule has 0 aliphatic rings. The van der Waals surface area contributed by atoms with Crippen LogP contribution in [0.2, 0.25) is 0 Å². The highest BCUT2D eigenvalue weighted by Gasteiger charge is 2.04. The second-order valence-electron chi connectivity index (χ2n) is 5.48. The number of hydrogen-bond acceptors (Lipinski definition) is 3. The van der Waals surface area contributed by atoms with Crippen LogP contribution in [-0.4, -0.2) is 27.6 Å². The molecule has 0 bridgehead atoms. The monoisotopic (exact) mass is 346 g/mol. The van der Waals surface area contributed by atoms with Crippen LogP contribution in [0.25, 0.3) is 0 Å². The van der Waals surface area contributed by atoms with Crippen LogP contribution in [0.5, 0.6) is 0 Å². The minimum Gasteiger partial charge on any atom is -0.497 e. The molecular weight excluding hydrogens is 312 g/mol. The van der Waals surface area contributed by atoms with Crippen LogP contribution in [0.4, 0.5) is 0 Å². The summed E-state index contributed by atoms with van der Waals surface area (Å²) in [7, 11) is 3.26. The highest BCUT2D eigenvalue weighted by Crippen LogP contribution is 2.19. The zero-order chi connectivity index (χ0) is 20.4. The van der Waals surface area contributed by atoms with Gasteiger partial charge in [-0.15, -0.1) is 6.58 Å². The zero-order valence-electron chi connectivity index (χ0n) is 16.6. The highest BCUT2D eigenvalue weighted by molar-refractivity contribution is 5.47. The van der Waals surface area contributed by atoms with Crippen LogP contribution in [0.15, 0.2) is 84.7 Å². The van der Waals surface area contributed by atoms with E-state index in [2.05, 4.69) is 32.9 Å². The molecule has 0 aliphatic carbocycles. The molecule has 0 saturated heterocycles. The van der Waals surface area contributed by atoms with Gasteiger partial charge in [-0.05, 0) is 50.0 Å². The minimum atomic E-state index is 0.607. The molecule has 3 heteroatoms. The van der Waals surface area contributed by atoms with Gasteiger partial charge in [-0.25, -0.2) is 0 Å². The molecule has 0 unspecified atom stereocenters. The number of ether oxygens (including phenoxy) is 2. The molecule has 0 aromatic heterocycles. The van der Waals surface area contributed by atoms with Gasteiger partial charge in [0, 0.05) is 7.11 Å². The van der Waals surface area contributed by atoms with Gasteiger partial charge < -0.3 is 14.3 Å².